The molecule has 0 bridgehead atoms. The van der Waals surface area contributed by atoms with Crippen LogP contribution in [0, 0.1) is 5.92 Å². The van der Waals surface area contributed by atoms with Gasteiger partial charge in [0.15, 0.2) is 0 Å². The number of esters is 1. The van der Waals surface area contributed by atoms with Gasteiger partial charge >= 0.3 is 5.97 Å². The monoisotopic (exact) mass is 184 g/mol. The zero-order valence-electron chi connectivity index (χ0n) is 8.88. The van der Waals surface area contributed by atoms with Crippen molar-refractivity contribution in [2.75, 3.05) is 6.61 Å². The van der Waals surface area contributed by atoms with Crippen LogP contribution in [-0.2, 0) is 9.53 Å². The van der Waals surface area contributed by atoms with Gasteiger partial charge in [-0.15, -0.1) is 0 Å². The van der Waals surface area contributed by atoms with Crippen LogP contribution in [0.2, 0.25) is 0 Å². The van der Waals surface area contributed by atoms with Gasteiger partial charge in [-0.1, -0.05) is 32.9 Å². The molecule has 0 saturated carbocycles. The minimum absolute atomic E-state index is 0.0834. The molecule has 0 atom stereocenters. The maximum atomic E-state index is 11.0. The van der Waals surface area contributed by atoms with Crippen molar-refractivity contribution in [3.8, 4) is 0 Å². The zero-order valence-corrected chi connectivity index (χ0v) is 8.88. The summed E-state index contributed by atoms with van der Waals surface area (Å²) < 4.78 is 5.01. The molecule has 2 heteroatoms. The topological polar surface area (TPSA) is 26.3 Å². The quantitative estimate of drug-likeness (QED) is 0.360. The van der Waals surface area contributed by atoms with E-state index in [0.717, 1.165) is 12.8 Å². The van der Waals surface area contributed by atoms with Crippen LogP contribution < -0.4 is 0 Å². The van der Waals surface area contributed by atoms with Crippen molar-refractivity contribution < 1.29 is 9.53 Å². The number of allylic oxidation sites excluding steroid dienone is 1. The highest BCUT2D eigenvalue weighted by Gasteiger charge is 2.04. The van der Waals surface area contributed by atoms with Crippen molar-refractivity contribution >= 4 is 5.97 Å². The standard InChI is InChI=1S/C11H20O2/c1-4-5-6-7-8-13-11(12)9-10(2)3/h5-6,10H,4,7-9H2,1-3H3/b6-5+. The molecule has 0 aliphatic carbocycles. The molecule has 0 aromatic rings. The Hall–Kier alpha value is -0.790. The van der Waals surface area contributed by atoms with Crippen LogP contribution in [0.3, 0.4) is 0 Å². The molecule has 0 N–H and O–H groups in total. The molecule has 13 heavy (non-hydrogen) atoms. The van der Waals surface area contributed by atoms with Crippen LogP contribution in [0.25, 0.3) is 0 Å². The second-order valence-corrected chi connectivity index (χ2v) is 3.49. The predicted octanol–water partition coefficient (Wildman–Crippen LogP) is 2.93. The maximum Gasteiger partial charge on any atom is 0.306 e. The van der Waals surface area contributed by atoms with Gasteiger partial charge in [-0.3, -0.25) is 4.79 Å². The number of ether oxygens (including phenoxy) is 1. The molecule has 2 nitrogen and oxygen atoms in total. The summed E-state index contributed by atoms with van der Waals surface area (Å²) in [6, 6.07) is 0. The van der Waals surface area contributed by atoms with E-state index in [-0.39, 0.29) is 5.97 Å². The highest BCUT2D eigenvalue weighted by molar-refractivity contribution is 5.69. The van der Waals surface area contributed by atoms with Crippen molar-refractivity contribution in [3.05, 3.63) is 12.2 Å². The van der Waals surface area contributed by atoms with E-state index in [1.165, 1.54) is 0 Å². The summed E-state index contributed by atoms with van der Waals surface area (Å²) in [5.74, 6) is 0.304. The first-order valence-electron chi connectivity index (χ1n) is 4.97. The summed E-state index contributed by atoms with van der Waals surface area (Å²) in [6.07, 6.45) is 6.52. The predicted molar refractivity (Wildman–Crippen MR) is 54.5 cm³/mol. The van der Waals surface area contributed by atoms with E-state index in [1.807, 2.05) is 19.9 Å². The van der Waals surface area contributed by atoms with E-state index >= 15 is 0 Å². The van der Waals surface area contributed by atoms with Gasteiger partial charge in [0.25, 0.3) is 0 Å². The summed E-state index contributed by atoms with van der Waals surface area (Å²) in [7, 11) is 0. The van der Waals surface area contributed by atoms with E-state index in [2.05, 4.69) is 13.0 Å². The van der Waals surface area contributed by atoms with E-state index in [4.69, 9.17) is 4.74 Å². The third-order valence-corrected chi connectivity index (χ3v) is 1.52. The molecule has 0 unspecified atom stereocenters. The molecule has 0 aliphatic heterocycles. The Bertz CT molecular complexity index is 159. The number of carbonyl (C=O) groups is 1. The van der Waals surface area contributed by atoms with Gasteiger partial charge in [-0.25, -0.2) is 0 Å². The zero-order chi connectivity index (χ0) is 10.1. The Balaban J connectivity index is 3.32. The van der Waals surface area contributed by atoms with Gasteiger partial charge in [0, 0.05) is 6.42 Å². The van der Waals surface area contributed by atoms with Crippen molar-refractivity contribution in [2.45, 2.75) is 40.0 Å². The Morgan fingerprint density at radius 1 is 1.38 bits per heavy atom. The molecule has 0 aliphatic rings. The maximum absolute atomic E-state index is 11.0. The fourth-order valence-electron chi connectivity index (χ4n) is 0.918. The Kier molecular flexibility index (Phi) is 7.36. The van der Waals surface area contributed by atoms with Gasteiger partial charge < -0.3 is 4.74 Å². The molecular formula is C11H20O2. The molecule has 0 heterocycles. The third-order valence-electron chi connectivity index (χ3n) is 1.52. The summed E-state index contributed by atoms with van der Waals surface area (Å²) in [4.78, 5) is 11.0. The van der Waals surface area contributed by atoms with Gasteiger partial charge in [0.2, 0.25) is 0 Å². The Morgan fingerprint density at radius 3 is 2.62 bits per heavy atom. The van der Waals surface area contributed by atoms with E-state index in [1.54, 1.807) is 0 Å². The van der Waals surface area contributed by atoms with Crippen LogP contribution in [-0.4, -0.2) is 12.6 Å². The summed E-state index contributed by atoms with van der Waals surface area (Å²) >= 11 is 0. The largest absolute Gasteiger partial charge is 0.465 e. The lowest BCUT2D eigenvalue weighted by Crippen LogP contribution is -2.08. The SMILES string of the molecule is CC/C=C/CCOC(=O)CC(C)C. The Labute approximate surface area is 81.0 Å². The molecule has 0 amide bonds. The summed E-state index contributed by atoms with van der Waals surface area (Å²) in [5.41, 5.74) is 0. The average Bonchev–Trinajstić information content (AvgIpc) is 2.02. The number of hydrogen-bond acceptors (Lipinski definition) is 2. The third kappa shape index (κ3) is 9.12. The minimum Gasteiger partial charge on any atom is -0.465 e. The molecule has 0 radical (unpaired) electrons. The van der Waals surface area contributed by atoms with Gasteiger partial charge in [0.05, 0.1) is 6.61 Å². The van der Waals surface area contributed by atoms with Gasteiger partial charge in [-0.05, 0) is 18.8 Å². The van der Waals surface area contributed by atoms with Gasteiger partial charge in [-0.2, -0.15) is 0 Å². The first-order valence-corrected chi connectivity index (χ1v) is 4.97. The van der Waals surface area contributed by atoms with Crippen LogP contribution in [0.15, 0.2) is 12.2 Å². The molecule has 0 aromatic heterocycles. The first-order chi connectivity index (χ1) is 6.16. The summed E-state index contributed by atoms with van der Waals surface area (Å²) in [6.45, 7) is 6.62. The van der Waals surface area contributed by atoms with E-state index < -0.39 is 0 Å². The average molecular weight is 184 g/mol. The fourth-order valence-corrected chi connectivity index (χ4v) is 0.918. The highest BCUT2D eigenvalue weighted by Crippen LogP contribution is 2.01. The minimum atomic E-state index is -0.0834. The lowest BCUT2D eigenvalue weighted by molar-refractivity contribution is -0.144. The normalized spacial score (nSPS) is 11.1. The van der Waals surface area contributed by atoms with Crippen molar-refractivity contribution in [1.29, 1.82) is 0 Å². The van der Waals surface area contributed by atoms with Crippen LogP contribution >= 0.6 is 0 Å². The lowest BCUT2D eigenvalue weighted by Gasteiger charge is -2.04. The van der Waals surface area contributed by atoms with Crippen LogP contribution in [0.4, 0.5) is 0 Å². The smallest absolute Gasteiger partial charge is 0.306 e. The first kappa shape index (κ1) is 12.2. The molecule has 0 saturated heterocycles. The van der Waals surface area contributed by atoms with Crippen LogP contribution in [0.1, 0.15) is 40.0 Å². The van der Waals surface area contributed by atoms with Crippen LogP contribution in [0.5, 0.6) is 0 Å². The second kappa shape index (κ2) is 7.84. The molecule has 0 rings (SSSR count). The number of carbonyl (C=O) groups excluding carboxylic acids is 1. The highest BCUT2D eigenvalue weighted by atomic mass is 16.5. The number of rotatable bonds is 6. The van der Waals surface area contributed by atoms with Crippen molar-refractivity contribution in [2.24, 2.45) is 5.92 Å². The molecule has 0 aromatic carbocycles. The van der Waals surface area contributed by atoms with E-state index in [9.17, 15) is 4.79 Å². The lowest BCUT2D eigenvalue weighted by atomic mass is 10.1. The molecule has 76 valence electrons. The molecular weight excluding hydrogens is 164 g/mol. The van der Waals surface area contributed by atoms with Crippen molar-refractivity contribution in [1.82, 2.24) is 0 Å². The Morgan fingerprint density at radius 2 is 2.08 bits per heavy atom. The summed E-state index contributed by atoms with van der Waals surface area (Å²) in [5, 5.41) is 0. The molecule has 0 fully saturated rings. The van der Waals surface area contributed by atoms with Crippen molar-refractivity contribution in [3.63, 3.8) is 0 Å². The van der Waals surface area contributed by atoms with Gasteiger partial charge in [0.1, 0.15) is 0 Å². The fraction of sp³-hybridized carbons (Fsp3) is 0.727. The second-order valence-electron chi connectivity index (χ2n) is 3.49. The number of hydrogen-bond donors (Lipinski definition) is 0. The van der Waals surface area contributed by atoms with E-state index in [0.29, 0.717) is 18.9 Å². The molecule has 0 spiro atoms.